The van der Waals surface area contributed by atoms with E-state index in [9.17, 15) is 19.8 Å². The van der Waals surface area contributed by atoms with Crippen molar-refractivity contribution in [3.8, 4) is 11.5 Å². The molecular formula is C18H22O6. The first kappa shape index (κ1) is 19.6. The molecule has 0 saturated carbocycles. The van der Waals surface area contributed by atoms with Crippen LogP contribution in [0.4, 0.5) is 0 Å². The maximum absolute atomic E-state index is 11.9. The van der Waals surface area contributed by atoms with Gasteiger partial charge >= 0.3 is 11.9 Å². The largest absolute Gasteiger partial charge is 0.419 e. The number of aliphatic hydroxyl groups is 2. The van der Waals surface area contributed by atoms with E-state index < -0.39 is 11.9 Å². The van der Waals surface area contributed by atoms with E-state index in [1.165, 1.54) is 13.8 Å². The molecule has 0 aliphatic rings. The highest BCUT2D eigenvalue weighted by Crippen LogP contribution is 2.37. The van der Waals surface area contributed by atoms with Gasteiger partial charge in [-0.15, -0.1) is 0 Å². The van der Waals surface area contributed by atoms with Gasteiger partial charge in [0.15, 0.2) is 11.5 Å². The Morgan fingerprint density at radius 3 is 1.46 bits per heavy atom. The molecular weight excluding hydrogens is 312 g/mol. The van der Waals surface area contributed by atoms with E-state index in [1.807, 2.05) is 0 Å². The van der Waals surface area contributed by atoms with Crippen LogP contribution in [0.15, 0.2) is 36.4 Å². The Kier molecular flexibility index (Phi) is 7.35. The molecule has 130 valence electrons. The zero-order valence-corrected chi connectivity index (χ0v) is 13.9. The van der Waals surface area contributed by atoms with Crippen LogP contribution < -0.4 is 9.47 Å². The van der Waals surface area contributed by atoms with Crippen molar-refractivity contribution in [2.45, 2.75) is 26.7 Å². The van der Waals surface area contributed by atoms with Gasteiger partial charge in [0.1, 0.15) is 0 Å². The molecule has 0 fully saturated rings. The molecule has 0 heterocycles. The van der Waals surface area contributed by atoms with Crippen molar-refractivity contribution >= 4 is 11.9 Å². The van der Waals surface area contributed by atoms with Crippen molar-refractivity contribution in [1.82, 2.24) is 0 Å². The number of benzene rings is 1. The van der Waals surface area contributed by atoms with Gasteiger partial charge in [0.2, 0.25) is 0 Å². The molecule has 2 N–H and O–H groups in total. The summed E-state index contributed by atoms with van der Waals surface area (Å²) in [6.07, 6.45) is 0.408. The van der Waals surface area contributed by atoms with Gasteiger partial charge in [-0.2, -0.15) is 0 Å². The van der Waals surface area contributed by atoms with Crippen molar-refractivity contribution in [3.63, 3.8) is 0 Å². The van der Waals surface area contributed by atoms with Crippen LogP contribution in [0.2, 0.25) is 0 Å². The average molecular weight is 334 g/mol. The molecule has 0 aliphatic carbocycles. The summed E-state index contributed by atoms with van der Waals surface area (Å²) in [5.41, 5.74) is 1.35. The van der Waals surface area contributed by atoms with Crippen LogP contribution in [0.25, 0.3) is 0 Å². The van der Waals surface area contributed by atoms with Gasteiger partial charge in [-0.05, 0) is 26.7 Å². The van der Waals surface area contributed by atoms with E-state index in [0.29, 0.717) is 11.1 Å². The summed E-state index contributed by atoms with van der Waals surface area (Å²) in [5.74, 6) is -1.28. The topological polar surface area (TPSA) is 93.1 Å². The maximum atomic E-state index is 11.9. The lowest BCUT2D eigenvalue weighted by molar-refractivity contribution is -0.132. The molecule has 6 heteroatoms. The zero-order valence-electron chi connectivity index (χ0n) is 13.9. The number of aliphatic hydroxyl groups excluding tert-OH is 2. The van der Waals surface area contributed by atoms with Crippen molar-refractivity contribution in [2.24, 2.45) is 0 Å². The minimum Gasteiger partial charge on any atom is -0.419 e. The third kappa shape index (κ3) is 5.04. The third-order valence-corrected chi connectivity index (χ3v) is 3.12. The first-order valence-electron chi connectivity index (χ1n) is 7.43. The Morgan fingerprint density at radius 2 is 1.21 bits per heavy atom. The third-order valence-electron chi connectivity index (χ3n) is 3.12. The lowest BCUT2D eigenvalue weighted by atomic mass is 10.0. The number of rotatable bonds is 8. The molecule has 0 bridgehead atoms. The van der Waals surface area contributed by atoms with Gasteiger partial charge in [-0.25, -0.2) is 9.59 Å². The number of hydrogen-bond acceptors (Lipinski definition) is 6. The number of carbonyl (C=O) groups is 2. The van der Waals surface area contributed by atoms with Crippen molar-refractivity contribution in [2.75, 3.05) is 13.2 Å². The second-order valence-electron chi connectivity index (χ2n) is 5.33. The molecule has 24 heavy (non-hydrogen) atoms. The molecule has 0 unspecified atom stereocenters. The summed E-state index contributed by atoms with van der Waals surface area (Å²) in [5, 5.41) is 18.4. The minimum absolute atomic E-state index is 0.0394. The highest BCUT2D eigenvalue weighted by molar-refractivity contribution is 5.91. The smallest absolute Gasteiger partial charge is 0.338 e. The monoisotopic (exact) mass is 334 g/mol. The Morgan fingerprint density at radius 1 is 0.875 bits per heavy atom. The average Bonchev–Trinajstić information content (AvgIpc) is 2.52. The van der Waals surface area contributed by atoms with Crippen molar-refractivity contribution in [3.05, 3.63) is 47.6 Å². The quantitative estimate of drug-likeness (QED) is 0.427. The summed E-state index contributed by atoms with van der Waals surface area (Å²) in [7, 11) is 0. The van der Waals surface area contributed by atoms with Gasteiger partial charge in [0, 0.05) is 35.5 Å². The molecule has 0 radical (unpaired) electrons. The molecule has 0 aromatic heterocycles. The van der Waals surface area contributed by atoms with Crippen molar-refractivity contribution < 1.29 is 29.3 Å². The summed E-state index contributed by atoms with van der Waals surface area (Å²) < 4.78 is 10.6. The first-order chi connectivity index (χ1) is 11.3. The molecule has 0 saturated heterocycles. The normalized spacial score (nSPS) is 10.2. The number of carbonyl (C=O) groups excluding carboxylic acids is 2. The summed E-state index contributed by atoms with van der Waals surface area (Å²) >= 11 is 0. The van der Waals surface area contributed by atoms with Crippen molar-refractivity contribution in [1.29, 1.82) is 0 Å². The van der Waals surface area contributed by atoms with E-state index in [2.05, 4.69) is 13.2 Å². The van der Waals surface area contributed by atoms with Gasteiger partial charge in [-0.3, -0.25) is 0 Å². The predicted molar refractivity (Wildman–Crippen MR) is 88.9 cm³/mol. The lowest BCUT2D eigenvalue weighted by Gasteiger charge is -2.17. The van der Waals surface area contributed by atoms with E-state index in [1.54, 1.807) is 12.1 Å². The highest BCUT2D eigenvalue weighted by Gasteiger charge is 2.22. The number of ether oxygens (including phenoxy) is 2. The molecule has 0 aliphatic heterocycles. The minimum atomic E-state index is -0.678. The van der Waals surface area contributed by atoms with Crippen LogP contribution >= 0.6 is 0 Å². The molecule has 1 aromatic rings. The van der Waals surface area contributed by atoms with E-state index in [4.69, 9.17) is 9.47 Å². The van der Waals surface area contributed by atoms with Crippen LogP contribution in [0.1, 0.15) is 25.0 Å². The maximum Gasteiger partial charge on any atom is 0.338 e. The van der Waals surface area contributed by atoms with Gasteiger partial charge in [0.25, 0.3) is 0 Å². The molecule has 1 aromatic carbocycles. The SMILES string of the molecule is C=C(C)C(=O)Oc1c(CCO)ccc(CCO)c1OC(=O)C(=C)C. The fourth-order valence-electron chi connectivity index (χ4n) is 1.86. The number of esters is 2. The van der Waals surface area contributed by atoms with Gasteiger partial charge in [0.05, 0.1) is 0 Å². The molecule has 1 rings (SSSR count). The Bertz CT molecular complexity index is 603. The van der Waals surface area contributed by atoms with E-state index in [0.717, 1.165) is 0 Å². The standard InChI is InChI=1S/C18H22O6/c1-11(2)17(21)23-15-13(7-9-19)5-6-14(8-10-20)16(15)24-18(22)12(3)4/h5-6,19-20H,1,3,7-10H2,2,4H3. The van der Waals surface area contributed by atoms with Crippen LogP contribution in [-0.2, 0) is 22.4 Å². The molecule has 0 atom stereocenters. The summed E-state index contributed by atoms with van der Waals surface area (Å²) in [4.78, 5) is 23.8. The Hall–Kier alpha value is -2.44. The molecule has 6 nitrogen and oxygen atoms in total. The second kappa shape index (κ2) is 9.00. The van der Waals surface area contributed by atoms with E-state index in [-0.39, 0.29) is 48.7 Å². The summed E-state index contributed by atoms with van der Waals surface area (Å²) in [6.45, 7) is 9.67. The summed E-state index contributed by atoms with van der Waals surface area (Å²) in [6, 6.07) is 3.31. The predicted octanol–water partition coefficient (Wildman–Crippen LogP) is 1.72. The van der Waals surface area contributed by atoms with Crippen LogP contribution in [0, 0.1) is 0 Å². The van der Waals surface area contributed by atoms with Crippen LogP contribution in [-0.4, -0.2) is 35.4 Å². The lowest BCUT2D eigenvalue weighted by Crippen LogP contribution is -2.16. The first-order valence-corrected chi connectivity index (χ1v) is 7.43. The molecule has 0 spiro atoms. The zero-order chi connectivity index (χ0) is 18.3. The highest BCUT2D eigenvalue weighted by atomic mass is 16.6. The molecule has 0 amide bonds. The number of hydrogen-bond donors (Lipinski definition) is 2. The Labute approximate surface area is 141 Å². The fourth-order valence-corrected chi connectivity index (χ4v) is 1.86. The van der Waals surface area contributed by atoms with Gasteiger partial charge in [-0.1, -0.05) is 25.3 Å². The van der Waals surface area contributed by atoms with Crippen LogP contribution in [0.3, 0.4) is 0 Å². The van der Waals surface area contributed by atoms with Crippen LogP contribution in [0.5, 0.6) is 11.5 Å². The second-order valence-corrected chi connectivity index (χ2v) is 5.33. The van der Waals surface area contributed by atoms with Gasteiger partial charge < -0.3 is 19.7 Å². The fraction of sp³-hybridized carbons (Fsp3) is 0.333. The Balaban J connectivity index is 3.45. The van der Waals surface area contributed by atoms with E-state index >= 15 is 0 Å².